The van der Waals surface area contributed by atoms with E-state index in [1.54, 1.807) is 36.2 Å². The molecule has 3 heterocycles. The maximum absolute atomic E-state index is 12.9. The van der Waals surface area contributed by atoms with Gasteiger partial charge in [0, 0.05) is 31.6 Å². The van der Waals surface area contributed by atoms with Crippen molar-refractivity contribution in [1.29, 1.82) is 0 Å². The standard InChI is InChI=1S/C21H29N5O4S/c1-14(27)23-17(7-11-31-2)21(29)26-8-5-15(6-9-26)18-12-19(25-24-18)20(28)22-13-16-4-3-10-30-16/h3-4,10,12,15,17H,5-9,11,13H2,1-2H3,(H,22,28)(H,23,27)(H,24,25). The third-order valence-corrected chi connectivity index (χ3v) is 6.01. The van der Waals surface area contributed by atoms with E-state index in [4.69, 9.17) is 4.42 Å². The lowest BCUT2D eigenvalue weighted by atomic mass is 9.93. The molecule has 3 amide bonds. The molecule has 1 fully saturated rings. The second-order valence-electron chi connectivity index (χ2n) is 7.60. The number of amides is 3. The molecule has 0 bridgehead atoms. The number of aromatic nitrogens is 2. The molecule has 1 atom stereocenters. The van der Waals surface area contributed by atoms with Crippen molar-refractivity contribution in [2.75, 3.05) is 25.1 Å². The minimum Gasteiger partial charge on any atom is -0.467 e. The molecule has 2 aromatic rings. The summed E-state index contributed by atoms with van der Waals surface area (Å²) in [5, 5.41) is 12.7. The van der Waals surface area contributed by atoms with Crippen LogP contribution in [-0.4, -0.2) is 64.0 Å². The number of nitrogens with one attached hydrogen (secondary N) is 3. The first-order valence-electron chi connectivity index (χ1n) is 10.4. The molecule has 2 aromatic heterocycles. The van der Waals surface area contributed by atoms with Crippen molar-refractivity contribution in [1.82, 2.24) is 25.7 Å². The zero-order valence-corrected chi connectivity index (χ0v) is 18.7. The van der Waals surface area contributed by atoms with Crippen molar-refractivity contribution in [2.45, 2.75) is 44.7 Å². The second kappa shape index (κ2) is 11.0. The predicted molar refractivity (Wildman–Crippen MR) is 118 cm³/mol. The van der Waals surface area contributed by atoms with Crippen LogP contribution in [0, 0.1) is 0 Å². The first kappa shape index (κ1) is 22.9. The highest BCUT2D eigenvalue weighted by atomic mass is 32.2. The van der Waals surface area contributed by atoms with Crippen molar-refractivity contribution in [2.24, 2.45) is 0 Å². The molecule has 0 radical (unpaired) electrons. The Kier molecular flexibility index (Phi) is 8.16. The van der Waals surface area contributed by atoms with Crippen LogP contribution in [0.3, 0.4) is 0 Å². The van der Waals surface area contributed by atoms with Gasteiger partial charge in [0.1, 0.15) is 17.5 Å². The lowest BCUT2D eigenvalue weighted by Crippen LogP contribution is -2.50. The molecule has 31 heavy (non-hydrogen) atoms. The summed E-state index contributed by atoms with van der Waals surface area (Å²) in [5.41, 5.74) is 1.24. The van der Waals surface area contributed by atoms with Crippen molar-refractivity contribution < 1.29 is 18.8 Å². The van der Waals surface area contributed by atoms with Gasteiger partial charge in [-0.1, -0.05) is 0 Å². The Balaban J connectivity index is 1.51. The number of hydrogen-bond donors (Lipinski definition) is 3. The van der Waals surface area contributed by atoms with E-state index >= 15 is 0 Å². The van der Waals surface area contributed by atoms with Crippen molar-refractivity contribution in [3.8, 4) is 0 Å². The number of piperidine rings is 1. The van der Waals surface area contributed by atoms with E-state index in [0.717, 1.165) is 24.3 Å². The van der Waals surface area contributed by atoms with Gasteiger partial charge in [0.25, 0.3) is 5.91 Å². The molecule has 0 spiro atoms. The zero-order chi connectivity index (χ0) is 22.2. The number of carbonyl (C=O) groups is 3. The van der Waals surface area contributed by atoms with Gasteiger partial charge in [-0.15, -0.1) is 0 Å². The van der Waals surface area contributed by atoms with E-state index in [2.05, 4.69) is 20.8 Å². The van der Waals surface area contributed by atoms with E-state index in [9.17, 15) is 14.4 Å². The number of H-pyrrole nitrogens is 1. The summed E-state index contributed by atoms with van der Waals surface area (Å²) < 4.78 is 5.21. The van der Waals surface area contributed by atoms with Gasteiger partial charge >= 0.3 is 0 Å². The normalized spacial score (nSPS) is 15.5. The van der Waals surface area contributed by atoms with Crippen molar-refractivity contribution in [3.63, 3.8) is 0 Å². The number of carbonyl (C=O) groups excluding carboxylic acids is 3. The van der Waals surface area contributed by atoms with E-state index < -0.39 is 6.04 Å². The number of nitrogens with zero attached hydrogens (tertiary/aromatic N) is 2. The molecule has 0 aliphatic carbocycles. The fourth-order valence-electron chi connectivity index (χ4n) is 3.70. The summed E-state index contributed by atoms with van der Waals surface area (Å²) in [6.45, 7) is 2.96. The average Bonchev–Trinajstić information content (AvgIpc) is 3.47. The molecule has 0 aromatic carbocycles. The molecule has 3 N–H and O–H groups in total. The highest BCUT2D eigenvalue weighted by molar-refractivity contribution is 7.98. The van der Waals surface area contributed by atoms with Crippen LogP contribution < -0.4 is 10.6 Å². The topological polar surface area (TPSA) is 120 Å². The number of furan rings is 1. The first-order valence-corrected chi connectivity index (χ1v) is 11.8. The molecule has 1 saturated heterocycles. The maximum atomic E-state index is 12.9. The third-order valence-electron chi connectivity index (χ3n) is 5.37. The molecule has 9 nitrogen and oxygen atoms in total. The van der Waals surface area contributed by atoms with E-state index in [-0.39, 0.29) is 23.6 Å². The first-order chi connectivity index (χ1) is 15.0. The molecular formula is C21H29N5O4S. The molecule has 168 valence electrons. The summed E-state index contributed by atoms with van der Waals surface area (Å²) in [6, 6.07) is 4.87. The second-order valence-corrected chi connectivity index (χ2v) is 8.59. The summed E-state index contributed by atoms with van der Waals surface area (Å²) in [7, 11) is 0. The Morgan fingerprint density at radius 2 is 2.13 bits per heavy atom. The minimum absolute atomic E-state index is 0.0229. The summed E-state index contributed by atoms with van der Waals surface area (Å²) in [6.07, 6.45) is 5.72. The maximum Gasteiger partial charge on any atom is 0.272 e. The smallest absolute Gasteiger partial charge is 0.272 e. The van der Waals surface area contributed by atoms with Crippen LogP contribution in [0.1, 0.15) is 54.0 Å². The predicted octanol–water partition coefficient (Wildman–Crippen LogP) is 1.90. The van der Waals surface area contributed by atoms with Gasteiger partial charge in [-0.05, 0) is 49.5 Å². The molecule has 0 saturated carbocycles. The van der Waals surface area contributed by atoms with Crippen LogP contribution >= 0.6 is 11.8 Å². The molecule has 1 aliphatic heterocycles. The number of aromatic amines is 1. The SMILES string of the molecule is CSCCC(NC(C)=O)C(=O)N1CCC(c2cc(C(=O)NCc3ccco3)n[nH]2)CC1. The van der Waals surface area contributed by atoms with Crippen LogP contribution in [0.15, 0.2) is 28.9 Å². The van der Waals surface area contributed by atoms with Crippen LogP contribution in [0.25, 0.3) is 0 Å². The largest absolute Gasteiger partial charge is 0.467 e. The highest BCUT2D eigenvalue weighted by Gasteiger charge is 2.30. The zero-order valence-electron chi connectivity index (χ0n) is 17.8. The van der Waals surface area contributed by atoms with Crippen LogP contribution in [0.2, 0.25) is 0 Å². The Labute approximate surface area is 185 Å². The minimum atomic E-state index is -0.474. The number of likely N-dealkylation sites (tertiary alicyclic amines) is 1. The number of thioether (sulfide) groups is 1. The molecule has 3 rings (SSSR count). The number of hydrogen-bond acceptors (Lipinski definition) is 6. The average molecular weight is 448 g/mol. The lowest BCUT2D eigenvalue weighted by molar-refractivity contribution is -0.137. The van der Waals surface area contributed by atoms with Crippen LogP contribution in [0.4, 0.5) is 0 Å². The van der Waals surface area contributed by atoms with E-state index in [0.29, 0.717) is 37.5 Å². The van der Waals surface area contributed by atoms with Gasteiger partial charge in [0.2, 0.25) is 11.8 Å². The number of rotatable bonds is 9. The van der Waals surface area contributed by atoms with Gasteiger partial charge in [0.05, 0.1) is 12.8 Å². The van der Waals surface area contributed by atoms with Gasteiger partial charge in [-0.25, -0.2) is 0 Å². The summed E-state index contributed by atoms with van der Waals surface area (Å²) in [5.74, 6) is 1.21. The molecule has 1 unspecified atom stereocenters. The van der Waals surface area contributed by atoms with Gasteiger partial charge in [-0.2, -0.15) is 16.9 Å². The monoisotopic (exact) mass is 447 g/mol. The van der Waals surface area contributed by atoms with Crippen molar-refractivity contribution in [3.05, 3.63) is 41.6 Å². The Bertz CT molecular complexity index is 874. The van der Waals surface area contributed by atoms with Gasteiger partial charge < -0.3 is 20.0 Å². The van der Waals surface area contributed by atoms with Crippen LogP contribution in [0.5, 0.6) is 0 Å². The fourth-order valence-corrected chi connectivity index (χ4v) is 4.17. The van der Waals surface area contributed by atoms with E-state index in [1.165, 1.54) is 6.92 Å². The third kappa shape index (κ3) is 6.36. The Morgan fingerprint density at radius 1 is 1.35 bits per heavy atom. The Hall–Kier alpha value is -2.75. The fraction of sp³-hybridized carbons (Fsp3) is 0.524. The lowest BCUT2D eigenvalue weighted by Gasteiger charge is -2.34. The summed E-state index contributed by atoms with van der Waals surface area (Å²) >= 11 is 1.65. The van der Waals surface area contributed by atoms with Crippen LogP contribution in [-0.2, 0) is 16.1 Å². The summed E-state index contributed by atoms with van der Waals surface area (Å²) in [4.78, 5) is 38.5. The van der Waals surface area contributed by atoms with Crippen molar-refractivity contribution >= 4 is 29.5 Å². The Morgan fingerprint density at radius 3 is 2.77 bits per heavy atom. The molecular weight excluding hydrogens is 418 g/mol. The molecule has 10 heteroatoms. The molecule has 1 aliphatic rings. The highest BCUT2D eigenvalue weighted by Crippen LogP contribution is 2.27. The van der Waals surface area contributed by atoms with Gasteiger partial charge in [-0.3, -0.25) is 19.5 Å². The van der Waals surface area contributed by atoms with Gasteiger partial charge in [0.15, 0.2) is 0 Å². The quantitative estimate of drug-likeness (QED) is 0.540. The van der Waals surface area contributed by atoms with E-state index in [1.807, 2.05) is 11.2 Å².